The monoisotopic (exact) mass is 422 g/mol. The fourth-order valence-corrected chi connectivity index (χ4v) is 3.66. The summed E-state index contributed by atoms with van der Waals surface area (Å²) in [5.41, 5.74) is 8.39. The Morgan fingerprint density at radius 1 is 1.23 bits per heavy atom. The first kappa shape index (κ1) is 20.9. The number of hydrogen-bond donors (Lipinski definition) is 3. The van der Waals surface area contributed by atoms with E-state index in [0.29, 0.717) is 29.3 Å². The van der Waals surface area contributed by atoms with Crippen molar-refractivity contribution in [2.45, 2.75) is 19.9 Å². The van der Waals surface area contributed by atoms with Crippen LogP contribution in [-0.2, 0) is 6.54 Å². The van der Waals surface area contributed by atoms with E-state index in [1.54, 1.807) is 26.3 Å². The molecule has 1 aliphatic heterocycles. The number of nitrogen functional groups attached to an aromatic ring is 1. The first-order valence-corrected chi connectivity index (χ1v) is 10.1. The number of likely N-dealkylation sites (tertiary alicyclic amines) is 1. The number of aliphatic hydroxyl groups is 1. The van der Waals surface area contributed by atoms with Crippen LogP contribution in [0.1, 0.15) is 17.8 Å². The van der Waals surface area contributed by atoms with Crippen molar-refractivity contribution in [2.24, 2.45) is 5.92 Å². The smallest absolute Gasteiger partial charge is 0.223 e. The van der Waals surface area contributed by atoms with E-state index >= 15 is 0 Å². The predicted octanol–water partition coefficient (Wildman–Crippen LogP) is 1.79. The Kier molecular flexibility index (Phi) is 6.19. The van der Waals surface area contributed by atoms with Gasteiger partial charge in [0.1, 0.15) is 11.6 Å². The molecule has 1 atom stereocenters. The number of hydrogen-bond acceptors (Lipinski definition) is 10. The number of nitrogens with zero attached hydrogens (tertiary/aromatic N) is 6. The molecule has 4 heterocycles. The van der Waals surface area contributed by atoms with Gasteiger partial charge in [-0.3, -0.25) is 4.90 Å². The Morgan fingerprint density at radius 2 is 2.10 bits per heavy atom. The van der Waals surface area contributed by atoms with Gasteiger partial charge in [0.05, 0.1) is 24.6 Å². The zero-order chi connectivity index (χ0) is 21.8. The first-order chi connectivity index (χ1) is 15.0. The topological polar surface area (TPSA) is 135 Å². The van der Waals surface area contributed by atoms with Gasteiger partial charge in [-0.2, -0.15) is 9.97 Å². The summed E-state index contributed by atoms with van der Waals surface area (Å²) in [5.74, 6) is 2.61. The quantitative estimate of drug-likeness (QED) is 0.517. The Balaban J connectivity index is 1.66. The van der Waals surface area contributed by atoms with Gasteiger partial charge in [-0.15, -0.1) is 0 Å². The zero-order valence-corrected chi connectivity index (χ0v) is 17.6. The standard InChI is InChI=1S/C21H26N8O2/c1-13-25-20(28-21(22)26-13)17-7-15(11-29-6-5-14(10-29)12-30)8-24-19(17)27-16-3-4-18(31-2)23-9-16/h3-4,7-9,14,30H,5-6,10-12H2,1-2H3,(H,24,27)(H2,22,25,26,28). The van der Waals surface area contributed by atoms with Gasteiger partial charge in [0.25, 0.3) is 0 Å². The molecular formula is C21H26N8O2. The average molecular weight is 422 g/mol. The first-order valence-electron chi connectivity index (χ1n) is 10.1. The molecule has 0 spiro atoms. The van der Waals surface area contributed by atoms with Crippen LogP contribution in [0.2, 0.25) is 0 Å². The summed E-state index contributed by atoms with van der Waals surface area (Å²) in [6, 6.07) is 5.65. The molecule has 1 aliphatic rings. The van der Waals surface area contributed by atoms with Crippen molar-refractivity contribution in [3.8, 4) is 17.3 Å². The second-order valence-corrected chi connectivity index (χ2v) is 7.59. The van der Waals surface area contributed by atoms with E-state index in [-0.39, 0.29) is 12.6 Å². The van der Waals surface area contributed by atoms with E-state index in [1.807, 2.05) is 18.3 Å². The molecule has 31 heavy (non-hydrogen) atoms. The van der Waals surface area contributed by atoms with Gasteiger partial charge in [-0.05, 0) is 43.5 Å². The summed E-state index contributed by atoms with van der Waals surface area (Å²) in [6.07, 6.45) is 4.51. The van der Waals surface area contributed by atoms with E-state index < -0.39 is 0 Å². The molecule has 4 N–H and O–H groups in total. The third-order valence-corrected chi connectivity index (χ3v) is 5.19. The second kappa shape index (κ2) is 9.19. The summed E-state index contributed by atoms with van der Waals surface area (Å²) in [4.78, 5) is 24.1. The number of rotatable bonds is 7. The maximum absolute atomic E-state index is 9.41. The Morgan fingerprint density at radius 3 is 2.77 bits per heavy atom. The van der Waals surface area contributed by atoms with Crippen LogP contribution >= 0.6 is 0 Å². The maximum atomic E-state index is 9.41. The molecule has 10 nitrogen and oxygen atoms in total. The van der Waals surface area contributed by atoms with Crippen LogP contribution in [0.5, 0.6) is 5.88 Å². The number of aryl methyl sites for hydroxylation is 1. The highest BCUT2D eigenvalue weighted by Crippen LogP contribution is 2.29. The van der Waals surface area contributed by atoms with Gasteiger partial charge in [0, 0.05) is 32.0 Å². The molecular weight excluding hydrogens is 396 g/mol. The molecule has 0 amide bonds. The Bertz CT molecular complexity index is 1020. The van der Waals surface area contributed by atoms with E-state index in [1.165, 1.54) is 0 Å². The van der Waals surface area contributed by atoms with Crippen molar-refractivity contribution in [1.29, 1.82) is 0 Å². The van der Waals surface area contributed by atoms with Gasteiger partial charge < -0.3 is 20.9 Å². The van der Waals surface area contributed by atoms with Crippen molar-refractivity contribution < 1.29 is 9.84 Å². The van der Waals surface area contributed by atoms with E-state index in [0.717, 1.165) is 42.9 Å². The van der Waals surface area contributed by atoms with Gasteiger partial charge in [-0.1, -0.05) is 0 Å². The summed E-state index contributed by atoms with van der Waals surface area (Å²) in [5, 5.41) is 12.7. The Labute approximate surface area is 180 Å². The third-order valence-electron chi connectivity index (χ3n) is 5.19. The molecule has 162 valence electrons. The van der Waals surface area contributed by atoms with Crippen LogP contribution in [0.25, 0.3) is 11.4 Å². The summed E-state index contributed by atoms with van der Waals surface area (Å²) in [6.45, 7) is 4.57. The van der Waals surface area contributed by atoms with Crippen LogP contribution in [0, 0.1) is 12.8 Å². The number of methoxy groups -OCH3 is 1. The molecule has 1 fully saturated rings. The van der Waals surface area contributed by atoms with Gasteiger partial charge in [0.2, 0.25) is 11.8 Å². The molecule has 3 aromatic heterocycles. The van der Waals surface area contributed by atoms with Crippen molar-refractivity contribution in [1.82, 2.24) is 29.8 Å². The summed E-state index contributed by atoms with van der Waals surface area (Å²) in [7, 11) is 1.57. The molecule has 10 heteroatoms. The number of nitrogens with two attached hydrogens (primary N) is 1. The Hall–Kier alpha value is -3.37. The lowest BCUT2D eigenvalue weighted by molar-refractivity contribution is 0.220. The third kappa shape index (κ3) is 5.04. The van der Waals surface area contributed by atoms with E-state index in [4.69, 9.17) is 10.5 Å². The molecule has 4 rings (SSSR count). The predicted molar refractivity (Wildman–Crippen MR) is 117 cm³/mol. The minimum absolute atomic E-state index is 0.162. The SMILES string of the molecule is COc1ccc(Nc2ncc(CN3CCC(CO)C3)cc2-c2nc(C)nc(N)n2)cn1. The summed E-state index contributed by atoms with van der Waals surface area (Å²) < 4.78 is 5.12. The van der Waals surface area contributed by atoms with Gasteiger partial charge in [0.15, 0.2) is 5.82 Å². The van der Waals surface area contributed by atoms with Crippen LogP contribution in [0.15, 0.2) is 30.6 Å². The minimum atomic E-state index is 0.162. The number of aliphatic hydroxyl groups excluding tert-OH is 1. The van der Waals surface area contributed by atoms with Crippen LogP contribution in [-0.4, -0.2) is 61.7 Å². The van der Waals surface area contributed by atoms with Gasteiger partial charge in [-0.25, -0.2) is 15.0 Å². The molecule has 0 aromatic carbocycles. The number of anilines is 3. The molecule has 1 unspecified atom stereocenters. The number of nitrogens with one attached hydrogen (secondary N) is 1. The molecule has 3 aromatic rings. The second-order valence-electron chi connectivity index (χ2n) is 7.59. The fraction of sp³-hybridized carbons (Fsp3) is 0.381. The van der Waals surface area contributed by atoms with E-state index in [9.17, 15) is 5.11 Å². The number of pyridine rings is 2. The normalized spacial score (nSPS) is 16.4. The van der Waals surface area contributed by atoms with E-state index in [2.05, 4.69) is 35.1 Å². The lowest BCUT2D eigenvalue weighted by Gasteiger charge is -2.17. The highest BCUT2D eigenvalue weighted by molar-refractivity contribution is 5.75. The minimum Gasteiger partial charge on any atom is -0.481 e. The highest BCUT2D eigenvalue weighted by Gasteiger charge is 2.22. The summed E-state index contributed by atoms with van der Waals surface area (Å²) >= 11 is 0. The molecule has 0 aliphatic carbocycles. The number of aromatic nitrogens is 5. The fourth-order valence-electron chi connectivity index (χ4n) is 3.66. The van der Waals surface area contributed by atoms with Crippen LogP contribution in [0.4, 0.5) is 17.5 Å². The van der Waals surface area contributed by atoms with Crippen LogP contribution in [0.3, 0.4) is 0 Å². The molecule has 0 saturated carbocycles. The van der Waals surface area contributed by atoms with Crippen molar-refractivity contribution in [3.63, 3.8) is 0 Å². The van der Waals surface area contributed by atoms with Gasteiger partial charge >= 0.3 is 0 Å². The highest BCUT2D eigenvalue weighted by atomic mass is 16.5. The molecule has 0 radical (unpaired) electrons. The number of ether oxygens (including phenoxy) is 1. The lowest BCUT2D eigenvalue weighted by atomic mass is 10.1. The molecule has 0 bridgehead atoms. The largest absolute Gasteiger partial charge is 0.481 e. The average Bonchev–Trinajstić information content (AvgIpc) is 3.22. The van der Waals surface area contributed by atoms with Crippen molar-refractivity contribution >= 4 is 17.5 Å². The lowest BCUT2D eigenvalue weighted by Crippen LogP contribution is -2.21. The zero-order valence-electron chi connectivity index (χ0n) is 17.6. The molecule has 1 saturated heterocycles. The van der Waals surface area contributed by atoms with Crippen LogP contribution < -0.4 is 15.8 Å². The van der Waals surface area contributed by atoms with Crippen molar-refractivity contribution in [3.05, 3.63) is 42.0 Å². The van der Waals surface area contributed by atoms with Crippen molar-refractivity contribution in [2.75, 3.05) is 37.9 Å². The maximum Gasteiger partial charge on any atom is 0.223 e.